The Morgan fingerprint density at radius 2 is 1.94 bits per heavy atom. The van der Waals surface area contributed by atoms with Gasteiger partial charge in [0.05, 0.1) is 12.2 Å². The summed E-state index contributed by atoms with van der Waals surface area (Å²) in [5, 5.41) is 10.8. The van der Waals surface area contributed by atoms with Crippen molar-refractivity contribution < 1.29 is 18.0 Å². The second-order valence-corrected chi connectivity index (χ2v) is 10.5. The zero-order valence-corrected chi connectivity index (χ0v) is 18.6. The highest BCUT2D eigenvalue weighted by Gasteiger charge is 2.48. The van der Waals surface area contributed by atoms with Gasteiger partial charge in [0.25, 0.3) is 0 Å². The Kier molecular flexibility index (Phi) is 6.00. The number of amides is 1. The van der Waals surface area contributed by atoms with E-state index in [4.69, 9.17) is 0 Å². The van der Waals surface area contributed by atoms with Crippen molar-refractivity contribution in [2.45, 2.75) is 89.5 Å². The summed E-state index contributed by atoms with van der Waals surface area (Å²) in [6, 6.07) is 0.183. The number of anilines is 1. The van der Waals surface area contributed by atoms with Crippen LogP contribution in [0.25, 0.3) is 0 Å². The fourth-order valence-electron chi connectivity index (χ4n) is 5.13. The van der Waals surface area contributed by atoms with Gasteiger partial charge in [-0.15, -0.1) is 0 Å². The van der Waals surface area contributed by atoms with E-state index in [-0.39, 0.29) is 29.7 Å². The van der Waals surface area contributed by atoms with Crippen molar-refractivity contribution in [3.8, 4) is 0 Å². The number of carbonyl (C=O) groups is 1. The second-order valence-electron chi connectivity index (χ2n) is 10.5. The molecule has 0 unspecified atom stereocenters. The number of hydrogen-bond acceptors (Lipinski definition) is 4. The molecule has 0 bridgehead atoms. The normalized spacial score (nSPS) is 27.9. The first kappa shape index (κ1) is 22.4. The Morgan fingerprint density at radius 1 is 1.23 bits per heavy atom. The molecule has 3 atom stereocenters. The van der Waals surface area contributed by atoms with Gasteiger partial charge in [0.15, 0.2) is 6.04 Å². The monoisotopic (exact) mass is 441 g/mol. The Balaban J connectivity index is 1.43. The zero-order valence-electron chi connectivity index (χ0n) is 18.6. The van der Waals surface area contributed by atoms with Crippen LogP contribution in [0.15, 0.2) is 6.07 Å². The average Bonchev–Trinajstić information content (AvgIpc) is 3.38. The van der Waals surface area contributed by atoms with Gasteiger partial charge in [0.1, 0.15) is 5.82 Å². The predicted octanol–water partition coefficient (Wildman–Crippen LogP) is 4.06. The zero-order chi connectivity index (χ0) is 22.4. The maximum absolute atomic E-state index is 13.8. The lowest BCUT2D eigenvalue weighted by Crippen LogP contribution is -2.44. The van der Waals surface area contributed by atoms with Crippen LogP contribution in [0.4, 0.5) is 19.0 Å². The Morgan fingerprint density at radius 3 is 2.58 bits per heavy atom. The van der Waals surface area contributed by atoms with Crippen molar-refractivity contribution in [3.05, 3.63) is 11.8 Å². The van der Waals surface area contributed by atoms with Crippen molar-refractivity contribution in [2.24, 2.45) is 5.41 Å². The minimum absolute atomic E-state index is 0.0285. The average molecular weight is 442 g/mol. The van der Waals surface area contributed by atoms with Crippen LogP contribution < -0.4 is 10.6 Å². The molecule has 2 N–H and O–H groups in total. The Bertz CT molecular complexity index is 794. The first-order valence-electron chi connectivity index (χ1n) is 11.4. The number of nitrogens with one attached hydrogen (secondary N) is 2. The minimum atomic E-state index is -4.34. The third kappa shape index (κ3) is 5.02. The van der Waals surface area contributed by atoms with Crippen molar-refractivity contribution in [1.82, 2.24) is 20.0 Å². The number of alkyl halides is 3. The van der Waals surface area contributed by atoms with E-state index in [0.717, 1.165) is 30.5 Å². The van der Waals surface area contributed by atoms with Gasteiger partial charge in [-0.3, -0.25) is 9.69 Å². The molecular formula is C22H34F3N5O. The molecule has 174 valence electrons. The van der Waals surface area contributed by atoms with Gasteiger partial charge in [-0.2, -0.15) is 18.3 Å². The topological polar surface area (TPSA) is 62.2 Å². The van der Waals surface area contributed by atoms with E-state index in [0.29, 0.717) is 30.6 Å². The maximum atomic E-state index is 13.8. The third-order valence-corrected chi connectivity index (χ3v) is 7.03. The maximum Gasteiger partial charge on any atom is 0.410 e. The molecule has 2 aliphatic heterocycles. The summed E-state index contributed by atoms with van der Waals surface area (Å²) in [5.41, 5.74) is 0.390. The first-order chi connectivity index (χ1) is 14.5. The third-order valence-electron chi connectivity index (χ3n) is 7.03. The molecule has 2 fully saturated rings. The highest BCUT2D eigenvalue weighted by Crippen LogP contribution is 2.44. The van der Waals surface area contributed by atoms with Crippen molar-refractivity contribution in [1.29, 1.82) is 0 Å². The number of fused-ring (bicyclic) bond motifs is 1. The Hall–Kier alpha value is -1.77. The highest BCUT2D eigenvalue weighted by molar-refractivity contribution is 5.78. The number of halogens is 3. The van der Waals surface area contributed by atoms with Crippen LogP contribution in [0, 0.1) is 5.41 Å². The SMILES string of the molecule is CC(C)(C)[C@H]1C[C@H](C(F)(F)F)n2nc([C@@H]3CCN(CC(=O)NC4CCCC4)C3)cc2N1. The van der Waals surface area contributed by atoms with E-state index in [2.05, 4.69) is 20.6 Å². The van der Waals surface area contributed by atoms with Gasteiger partial charge >= 0.3 is 6.18 Å². The number of hydrogen-bond donors (Lipinski definition) is 2. The minimum Gasteiger partial charge on any atom is -0.367 e. The quantitative estimate of drug-likeness (QED) is 0.740. The van der Waals surface area contributed by atoms with Crippen molar-refractivity contribution >= 4 is 11.7 Å². The molecule has 1 amide bonds. The van der Waals surface area contributed by atoms with Crippen LogP contribution in [0.3, 0.4) is 0 Å². The lowest BCUT2D eigenvalue weighted by molar-refractivity contribution is -0.175. The van der Waals surface area contributed by atoms with Gasteiger partial charge < -0.3 is 10.6 Å². The lowest BCUT2D eigenvalue weighted by Gasteiger charge is -2.39. The van der Waals surface area contributed by atoms with Crippen molar-refractivity contribution in [3.63, 3.8) is 0 Å². The van der Waals surface area contributed by atoms with Gasteiger partial charge in [-0.25, -0.2) is 4.68 Å². The molecular weight excluding hydrogens is 407 g/mol. The molecule has 3 aliphatic rings. The molecule has 1 saturated carbocycles. The molecule has 6 nitrogen and oxygen atoms in total. The van der Waals surface area contributed by atoms with Crippen LogP contribution >= 0.6 is 0 Å². The molecule has 1 aromatic heterocycles. The molecule has 0 spiro atoms. The summed E-state index contributed by atoms with van der Waals surface area (Å²) < 4.78 is 42.5. The Labute approximate surface area is 181 Å². The predicted molar refractivity (Wildman–Crippen MR) is 113 cm³/mol. The summed E-state index contributed by atoms with van der Waals surface area (Å²) in [5.74, 6) is 0.533. The summed E-state index contributed by atoms with van der Waals surface area (Å²) >= 11 is 0. The van der Waals surface area contributed by atoms with Crippen LogP contribution in [0.2, 0.25) is 0 Å². The number of likely N-dealkylation sites (tertiary alicyclic amines) is 1. The largest absolute Gasteiger partial charge is 0.410 e. The molecule has 4 rings (SSSR count). The number of rotatable bonds is 4. The van der Waals surface area contributed by atoms with Crippen LogP contribution in [-0.2, 0) is 4.79 Å². The summed E-state index contributed by atoms with van der Waals surface area (Å²) in [6.45, 7) is 7.61. The van der Waals surface area contributed by atoms with Gasteiger partial charge in [-0.05, 0) is 37.6 Å². The smallest absolute Gasteiger partial charge is 0.367 e. The molecule has 31 heavy (non-hydrogen) atoms. The van der Waals surface area contributed by atoms with Gasteiger partial charge in [0, 0.05) is 30.6 Å². The van der Waals surface area contributed by atoms with E-state index in [9.17, 15) is 18.0 Å². The number of nitrogens with zero attached hydrogens (tertiary/aromatic N) is 3. The first-order valence-corrected chi connectivity index (χ1v) is 11.4. The molecule has 3 heterocycles. The van der Waals surface area contributed by atoms with E-state index < -0.39 is 12.2 Å². The lowest BCUT2D eigenvalue weighted by atomic mass is 9.82. The standard InChI is InChI=1S/C22H34F3N5O/c1-21(2,3)17-11-18(22(23,24)25)30-19(27-17)10-16(28-30)14-8-9-29(12-14)13-20(31)26-15-6-4-5-7-15/h10,14-15,17-18,27H,4-9,11-13H2,1-3H3,(H,26,31)/t14-,17-,18-/m1/s1. The summed E-state index contributed by atoms with van der Waals surface area (Å²) in [6.07, 6.45) is 0.875. The highest BCUT2D eigenvalue weighted by atomic mass is 19.4. The molecule has 0 radical (unpaired) electrons. The van der Waals surface area contributed by atoms with Crippen LogP contribution in [0.1, 0.15) is 76.9 Å². The molecule has 1 aliphatic carbocycles. The van der Waals surface area contributed by atoms with Gasteiger partial charge in [0.2, 0.25) is 5.91 Å². The van der Waals surface area contributed by atoms with E-state index in [1.165, 1.54) is 12.8 Å². The molecule has 1 aromatic rings. The second kappa shape index (κ2) is 8.30. The van der Waals surface area contributed by atoms with Gasteiger partial charge in [-0.1, -0.05) is 33.6 Å². The fraction of sp³-hybridized carbons (Fsp3) is 0.818. The number of aromatic nitrogens is 2. The van der Waals surface area contributed by atoms with E-state index >= 15 is 0 Å². The number of carbonyl (C=O) groups excluding carboxylic acids is 1. The molecule has 9 heteroatoms. The molecule has 1 saturated heterocycles. The van der Waals surface area contributed by atoms with Crippen LogP contribution in [0.5, 0.6) is 0 Å². The fourth-order valence-corrected chi connectivity index (χ4v) is 5.13. The molecule has 0 aromatic carbocycles. The van der Waals surface area contributed by atoms with Crippen molar-refractivity contribution in [2.75, 3.05) is 25.0 Å². The van der Waals surface area contributed by atoms with E-state index in [1.807, 2.05) is 20.8 Å². The summed E-state index contributed by atoms with van der Waals surface area (Å²) in [4.78, 5) is 14.4. The van der Waals surface area contributed by atoms with E-state index in [1.54, 1.807) is 6.07 Å². The summed E-state index contributed by atoms with van der Waals surface area (Å²) in [7, 11) is 0. The van der Waals surface area contributed by atoms with Crippen LogP contribution in [-0.4, -0.2) is 58.5 Å².